The molecule has 0 aromatic carbocycles. The van der Waals surface area contributed by atoms with Crippen molar-refractivity contribution in [2.24, 2.45) is 11.8 Å². The molecule has 1 fully saturated rings. The first-order valence-corrected chi connectivity index (χ1v) is 6.74. The summed E-state index contributed by atoms with van der Waals surface area (Å²) in [6.45, 7) is -0.864. The van der Waals surface area contributed by atoms with E-state index in [9.17, 15) is 23.2 Å². The van der Waals surface area contributed by atoms with Crippen LogP contribution in [-0.2, 0) is 4.79 Å². The van der Waals surface area contributed by atoms with E-state index in [0.29, 0.717) is 5.65 Å². The van der Waals surface area contributed by atoms with E-state index in [1.807, 2.05) is 6.07 Å². The SMILES string of the molecule is N#Cc1c(N2C[C@@H](C(F)(F)F)[C@H](C(=O)O)C2)nc2ccccn12. The van der Waals surface area contributed by atoms with Crippen molar-refractivity contribution in [2.45, 2.75) is 6.18 Å². The van der Waals surface area contributed by atoms with Crippen LogP contribution >= 0.6 is 0 Å². The number of carboxylic acids is 1. The maximum atomic E-state index is 13.1. The number of alkyl halides is 3. The number of halogens is 3. The number of fused-ring (bicyclic) bond motifs is 1. The van der Waals surface area contributed by atoms with Gasteiger partial charge in [0.15, 0.2) is 11.5 Å². The summed E-state index contributed by atoms with van der Waals surface area (Å²) in [6, 6.07) is 6.90. The van der Waals surface area contributed by atoms with E-state index in [0.717, 1.165) is 0 Å². The largest absolute Gasteiger partial charge is 0.481 e. The van der Waals surface area contributed by atoms with Crippen LogP contribution in [0.3, 0.4) is 0 Å². The number of rotatable bonds is 2. The van der Waals surface area contributed by atoms with Crippen molar-refractivity contribution < 1.29 is 23.1 Å². The van der Waals surface area contributed by atoms with Gasteiger partial charge in [-0.25, -0.2) is 4.98 Å². The average molecular weight is 324 g/mol. The Hall–Kier alpha value is -2.76. The lowest BCUT2D eigenvalue weighted by atomic mass is 9.96. The van der Waals surface area contributed by atoms with Crippen LogP contribution in [0.25, 0.3) is 5.65 Å². The lowest BCUT2D eigenvalue weighted by Gasteiger charge is -2.18. The number of hydrogen-bond acceptors (Lipinski definition) is 4. The zero-order valence-electron chi connectivity index (χ0n) is 11.7. The fourth-order valence-electron chi connectivity index (χ4n) is 2.87. The molecule has 1 aliphatic rings. The number of anilines is 1. The lowest BCUT2D eigenvalue weighted by Crippen LogP contribution is -2.33. The number of nitriles is 1. The van der Waals surface area contributed by atoms with E-state index in [4.69, 9.17) is 5.11 Å². The molecule has 6 nitrogen and oxygen atoms in total. The molecule has 1 N–H and O–H groups in total. The Balaban J connectivity index is 2.03. The van der Waals surface area contributed by atoms with Crippen molar-refractivity contribution in [3.63, 3.8) is 0 Å². The molecule has 9 heteroatoms. The van der Waals surface area contributed by atoms with Crippen molar-refractivity contribution in [2.75, 3.05) is 18.0 Å². The van der Waals surface area contributed by atoms with Gasteiger partial charge < -0.3 is 10.0 Å². The Kier molecular flexibility index (Phi) is 3.39. The molecular weight excluding hydrogens is 313 g/mol. The lowest BCUT2D eigenvalue weighted by molar-refractivity contribution is -0.187. The molecular formula is C14H11F3N4O2. The molecule has 0 aliphatic carbocycles. The zero-order chi connectivity index (χ0) is 16.8. The van der Waals surface area contributed by atoms with Crippen molar-refractivity contribution in [1.29, 1.82) is 5.26 Å². The van der Waals surface area contributed by atoms with Gasteiger partial charge in [0, 0.05) is 19.3 Å². The quantitative estimate of drug-likeness (QED) is 0.912. The maximum absolute atomic E-state index is 13.1. The smallest absolute Gasteiger partial charge is 0.394 e. The van der Waals surface area contributed by atoms with Gasteiger partial charge in [0.25, 0.3) is 0 Å². The van der Waals surface area contributed by atoms with Gasteiger partial charge in [0.2, 0.25) is 0 Å². The number of pyridine rings is 1. The van der Waals surface area contributed by atoms with Crippen LogP contribution in [0.2, 0.25) is 0 Å². The number of carbonyl (C=O) groups is 1. The fourth-order valence-corrected chi connectivity index (χ4v) is 2.87. The second-order valence-corrected chi connectivity index (χ2v) is 5.32. The summed E-state index contributed by atoms with van der Waals surface area (Å²) < 4.78 is 40.7. The fraction of sp³-hybridized carbons (Fsp3) is 0.357. The summed E-state index contributed by atoms with van der Waals surface area (Å²) in [5, 5.41) is 18.4. The van der Waals surface area contributed by atoms with Crippen LogP contribution < -0.4 is 4.90 Å². The molecule has 0 radical (unpaired) electrons. The van der Waals surface area contributed by atoms with Crippen LogP contribution in [0.1, 0.15) is 5.69 Å². The second kappa shape index (κ2) is 5.15. The monoisotopic (exact) mass is 324 g/mol. The molecule has 3 rings (SSSR count). The molecule has 2 aromatic heterocycles. The summed E-state index contributed by atoms with van der Waals surface area (Å²) in [6.07, 6.45) is -3.04. The predicted octanol–water partition coefficient (Wildman–Crippen LogP) is 1.91. The van der Waals surface area contributed by atoms with E-state index >= 15 is 0 Å². The highest BCUT2D eigenvalue weighted by atomic mass is 19.4. The van der Waals surface area contributed by atoms with Gasteiger partial charge in [-0.1, -0.05) is 6.07 Å². The predicted molar refractivity (Wildman–Crippen MR) is 72.8 cm³/mol. The van der Waals surface area contributed by atoms with Gasteiger partial charge in [-0.15, -0.1) is 0 Å². The maximum Gasteiger partial charge on any atom is 0.394 e. The van der Waals surface area contributed by atoms with E-state index in [1.54, 1.807) is 24.4 Å². The van der Waals surface area contributed by atoms with Crippen molar-refractivity contribution >= 4 is 17.4 Å². The van der Waals surface area contributed by atoms with E-state index in [2.05, 4.69) is 4.98 Å². The van der Waals surface area contributed by atoms with Gasteiger partial charge in [-0.2, -0.15) is 18.4 Å². The van der Waals surface area contributed by atoms with Crippen LogP contribution in [-0.4, -0.2) is 39.7 Å². The first-order valence-electron chi connectivity index (χ1n) is 6.74. The minimum atomic E-state index is -4.62. The Morgan fingerprint density at radius 2 is 2.13 bits per heavy atom. The van der Waals surface area contributed by atoms with E-state index < -0.39 is 30.5 Å². The van der Waals surface area contributed by atoms with Crippen molar-refractivity contribution in [3.05, 3.63) is 30.1 Å². The Morgan fingerprint density at radius 1 is 1.39 bits per heavy atom. The number of aromatic nitrogens is 2. The number of nitrogens with zero attached hydrogens (tertiary/aromatic N) is 4. The number of carboxylic acid groups (broad SMARTS) is 1. The molecule has 2 atom stereocenters. The summed E-state index contributed by atoms with van der Waals surface area (Å²) in [7, 11) is 0. The Bertz CT molecular complexity index is 808. The van der Waals surface area contributed by atoms with Gasteiger partial charge >= 0.3 is 12.1 Å². The van der Waals surface area contributed by atoms with Crippen molar-refractivity contribution in [3.8, 4) is 6.07 Å². The third kappa shape index (κ3) is 2.46. The first-order chi connectivity index (χ1) is 10.8. The molecule has 3 heterocycles. The molecule has 2 aromatic rings. The summed E-state index contributed by atoms with van der Waals surface area (Å²) >= 11 is 0. The number of imidazole rings is 1. The molecule has 0 saturated carbocycles. The summed E-state index contributed by atoms with van der Waals surface area (Å²) in [5.74, 6) is -4.99. The summed E-state index contributed by atoms with van der Waals surface area (Å²) in [5.41, 5.74) is 0.508. The number of aliphatic carboxylic acids is 1. The van der Waals surface area contributed by atoms with Crippen molar-refractivity contribution in [1.82, 2.24) is 9.38 Å². The van der Waals surface area contributed by atoms with E-state index in [-0.39, 0.29) is 18.1 Å². The summed E-state index contributed by atoms with van der Waals surface area (Å²) in [4.78, 5) is 16.6. The second-order valence-electron chi connectivity index (χ2n) is 5.32. The molecule has 1 saturated heterocycles. The minimum Gasteiger partial charge on any atom is -0.481 e. The normalized spacial score (nSPS) is 21.6. The molecule has 120 valence electrons. The average Bonchev–Trinajstić information content (AvgIpc) is 3.08. The van der Waals surface area contributed by atoms with Crippen LogP contribution in [0.4, 0.5) is 19.0 Å². The van der Waals surface area contributed by atoms with Gasteiger partial charge in [-0.3, -0.25) is 9.20 Å². The molecule has 1 aliphatic heterocycles. The highest BCUT2D eigenvalue weighted by Gasteiger charge is 2.53. The number of hydrogen-bond donors (Lipinski definition) is 1. The third-order valence-electron chi connectivity index (χ3n) is 3.97. The minimum absolute atomic E-state index is 0.0803. The molecule has 0 bridgehead atoms. The van der Waals surface area contributed by atoms with Crippen LogP contribution in [0.15, 0.2) is 24.4 Å². The van der Waals surface area contributed by atoms with Gasteiger partial charge in [0.05, 0.1) is 11.8 Å². The van der Waals surface area contributed by atoms with Crippen LogP contribution in [0.5, 0.6) is 0 Å². The Morgan fingerprint density at radius 3 is 2.70 bits per heavy atom. The highest BCUT2D eigenvalue weighted by Crippen LogP contribution is 2.39. The van der Waals surface area contributed by atoms with Crippen LogP contribution in [0, 0.1) is 23.2 Å². The highest BCUT2D eigenvalue weighted by molar-refractivity contribution is 5.73. The molecule has 0 unspecified atom stereocenters. The van der Waals surface area contributed by atoms with E-state index in [1.165, 1.54) is 9.30 Å². The van der Waals surface area contributed by atoms with Gasteiger partial charge in [0.1, 0.15) is 11.7 Å². The molecule has 0 amide bonds. The third-order valence-corrected chi connectivity index (χ3v) is 3.97. The molecule has 0 spiro atoms. The molecule has 23 heavy (non-hydrogen) atoms. The topological polar surface area (TPSA) is 81.6 Å². The van der Waals surface area contributed by atoms with Gasteiger partial charge in [-0.05, 0) is 12.1 Å². The zero-order valence-corrected chi connectivity index (χ0v) is 11.7. The standard InChI is InChI=1S/C14H11F3N4O2/c15-14(16,17)9-7-20(6-8(9)13(22)23)12-10(5-18)21-4-2-1-3-11(21)19-12/h1-4,8-9H,6-7H2,(H,22,23)/t8-,9-/m1/s1. The first kappa shape index (κ1) is 15.1. The Labute approximate surface area is 128 Å².